The molecule has 0 spiro atoms. The van der Waals surface area contributed by atoms with Crippen molar-refractivity contribution in [3.05, 3.63) is 22.7 Å². The first-order valence-corrected chi connectivity index (χ1v) is 7.85. The topological polar surface area (TPSA) is 128 Å². The number of hydrogen-bond donors (Lipinski definition) is 3. The number of carbonyl (C=O) groups excluding carboxylic acids is 2. The van der Waals surface area contributed by atoms with Crippen LogP contribution < -0.4 is 20.5 Å². The maximum absolute atomic E-state index is 12.3. The first kappa shape index (κ1) is 20.6. The number of hydrogen-bond acceptors (Lipinski definition) is 5. The van der Waals surface area contributed by atoms with Crippen molar-refractivity contribution in [3.63, 3.8) is 0 Å². The van der Waals surface area contributed by atoms with Gasteiger partial charge in [-0.3, -0.25) is 9.59 Å². The molecule has 25 heavy (non-hydrogen) atoms. The van der Waals surface area contributed by atoms with Crippen LogP contribution in [-0.2, 0) is 9.59 Å². The summed E-state index contributed by atoms with van der Waals surface area (Å²) in [5, 5.41) is 11.7. The molecule has 0 aliphatic rings. The second-order valence-corrected chi connectivity index (χ2v) is 6.15. The molecule has 0 radical (unpaired) electrons. The van der Waals surface area contributed by atoms with E-state index in [-0.39, 0.29) is 34.4 Å². The zero-order valence-electron chi connectivity index (χ0n) is 14.2. The highest BCUT2D eigenvalue weighted by Crippen LogP contribution is 2.36. The van der Waals surface area contributed by atoms with Gasteiger partial charge in [0.1, 0.15) is 6.04 Å². The van der Waals surface area contributed by atoms with Crippen LogP contribution in [0.5, 0.6) is 11.5 Å². The number of halogens is 1. The second-order valence-electron chi connectivity index (χ2n) is 5.74. The van der Waals surface area contributed by atoms with Gasteiger partial charge in [0, 0.05) is 5.56 Å². The molecule has 0 fully saturated rings. The highest BCUT2D eigenvalue weighted by molar-refractivity contribution is 6.32. The molecule has 0 aromatic heterocycles. The smallest absolute Gasteiger partial charge is 0.326 e. The quantitative estimate of drug-likeness (QED) is 0.601. The van der Waals surface area contributed by atoms with Gasteiger partial charge < -0.3 is 25.6 Å². The van der Waals surface area contributed by atoms with E-state index < -0.39 is 30.4 Å². The molecule has 4 N–H and O–H groups in total. The van der Waals surface area contributed by atoms with Gasteiger partial charge in [-0.2, -0.15) is 0 Å². The zero-order valence-corrected chi connectivity index (χ0v) is 14.9. The minimum Gasteiger partial charge on any atom is -0.493 e. The zero-order chi connectivity index (χ0) is 19.1. The summed E-state index contributed by atoms with van der Waals surface area (Å²) in [6.45, 7) is 3.30. The van der Waals surface area contributed by atoms with E-state index >= 15 is 0 Å². The van der Waals surface area contributed by atoms with Gasteiger partial charge in [-0.1, -0.05) is 25.4 Å². The highest BCUT2D eigenvalue weighted by atomic mass is 35.5. The van der Waals surface area contributed by atoms with Crippen molar-refractivity contribution >= 4 is 29.4 Å². The third kappa shape index (κ3) is 6.15. The van der Waals surface area contributed by atoms with Gasteiger partial charge in [-0.05, 0) is 24.5 Å². The summed E-state index contributed by atoms with van der Waals surface area (Å²) in [5.74, 6) is -2.16. The number of amides is 2. The number of primary amides is 1. The van der Waals surface area contributed by atoms with Gasteiger partial charge in [0.15, 0.2) is 18.1 Å². The standard InChI is InChI=1S/C16H21ClN2O6/c1-8(2)4-11(16(22)23)19-15(21)9-5-10(17)14(12(6-9)24-3)25-7-13(18)20/h5-6,8,11H,4,7H2,1-3H3,(H2,18,20)(H,19,21)(H,22,23). The SMILES string of the molecule is COc1cc(C(=O)NC(CC(C)C)C(=O)O)cc(Cl)c1OCC(N)=O. The molecule has 0 bridgehead atoms. The third-order valence-corrected chi connectivity index (χ3v) is 3.44. The second kappa shape index (κ2) is 9.12. The van der Waals surface area contributed by atoms with Crippen molar-refractivity contribution in [1.82, 2.24) is 5.32 Å². The number of rotatable bonds is 9. The number of methoxy groups -OCH3 is 1. The molecule has 2 amide bonds. The highest BCUT2D eigenvalue weighted by Gasteiger charge is 2.23. The molecule has 1 unspecified atom stereocenters. The normalized spacial score (nSPS) is 11.7. The molecular weight excluding hydrogens is 352 g/mol. The minimum absolute atomic E-state index is 0.0292. The van der Waals surface area contributed by atoms with Crippen LogP contribution >= 0.6 is 11.6 Å². The van der Waals surface area contributed by atoms with Gasteiger partial charge in [0.25, 0.3) is 11.8 Å². The van der Waals surface area contributed by atoms with Gasteiger partial charge >= 0.3 is 5.97 Å². The molecule has 9 heteroatoms. The fourth-order valence-corrected chi connectivity index (χ4v) is 2.33. The molecule has 0 aliphatic carbocycles. The number of aliphatic carboxylic acids is 1. The van der Waals surface area contributed by atoms with E-state index in [0.717, 1.165) is 0 Å². The monoisotopic (exact) mass is 372 g/mol. The molecule has 1 rings (SSSR count). The van der Waals surface area contributed by atoms with Gasteiger partial charge in [-0.25, -0.2) is 4.79 Å². The van der Waals surface area contributed by atoms with Crippen molar-refractivity contribution in [2.75, 3.05) is 13.7 Å². The lowest BCUT2D eigenvalue weighted by atomic mass is 10.0. The Morgan fingerprint density at radius 2 is 1.96 bits per heavy atom. The maximum Gasteiger partial charge on any atom is 0.326 e. The van der Waals surface area contributed by atoms with Crippen LogP contribution in [0.15, 0.2) is 12.1 Å². The number of carbonyl (C=O) groups is 3. The Hall–Kier alpha value is -2.48. The largest absolute Gasteiger partial charge is 0.493 e. The number of carboxylic acids is 1. The molecule has 0 saturated carbocycles. The lowest BCUT2D eigenvalue weighted by Crippen LogP contribution is -2.41. The van der Waals surface area contributed by atoms with Crippen LogP contribution in [0, 0.1) is 5.92 Å². The van der Waals surface area contributed by atoms with Crippen LogP contribution in [-0.4, -0.2) is 42.6 Å². The summed E-state index contributed by atoms with van der Waals surface area (Å²) < 4.78 is 10.3. The number of benzene rings is 1. The lowest BCUT2D eigenvalue weighted by molar-refractivity contribution is -0.139. The van der Waals surface area contributed by atoms with Crippen LogP contribution in [0.2, 0.25) is 5.02 Å². The minimum atomic E-state index is -1.12. The molecule has 1 aromatic carbocycles. The van der Waals surface area contributed by atoms with E-state index in [1.165, 1.54) is 19.2 Å². The van der Waals surface area contributed by atoms with Gasteiger partial charge in [0.2, 0.25) is 0 Å². The molecule has 1 atom stereocenters. The van der Waals surface area contributed by atoms with Crippen LogP contribution in [0.4, 0.5) is 0 Å². The van der Waals surface area contributed by atoms with E-state index in [1.807, 2.05) is 13.8 Å². The van der Waals surface area contributed by atoms with Crippen molar-refractivity contribution in [2.24, 2.45) is 11.7 Å². The fourth-order valence-electron chi connectivity index (χ4n) is 2.07. The van der Waals surface area contributed by atoms with Crippen molar-refractivity contribution in [1.29, 1.82) is 0 Å². The molecule has 0 aliphatic heterocycles. The van der Waals surface area contributed by atoms with E-state index in [1.54, 1.807) is 0 Å². The Bertz CT molecular complexity index is 662. The number of nitrogens with two attached hydrogens (primary N) is 1. The van der Waals surface area contributed by atoms with E-state index in [9.17, 15) is 19.5 Å². The summed E-state index contributed by atoms with van der Waals surface area (Å²) in [5.41, 5.74) is 5.12. The fraction of sp³-hybridized carbons (Fsp3) is 0.438. The van der Waals surface area contributed by atoms with Gasteiger partial charge in [0.05, 0.1) is 12.1 Å². The maximum atomic E-state index is 12.3. The summed E-state index contributed by atoms with van der Waals surface area (Å²) >= 11 is 6.07. The van der Waals surface area contributed by atoms with E-state index in [0.29, 0.717) is 0 Å². The van der Waals surface area contributed by atoms with E-state index in [2.05, 4.69) is 5.32 Å². The summed E-state index contributed by atoms with van der Waals surface area (Å²) in [7, 11) is 1.34. The first-order chi connectivity index (χ1) is 11.6. The molecule has 0 heterocycles. The Morgan fingerprint density at radius 1 is 1.32 bits per heavy atom. The summed E-state index contributed by atoms with van der Waals surface area (Å²) in [4.78, 5) is 34.4. The number of nitrogens with one attached hydrogen (secondary N) is 1. The Kier molecular flexibility index (Phi) is 7.50. The first-order valence-electron chi connectivity index (χ1n) is 7.48. The molecule has 1 aromatic rings. The van der Waals surface area contributed by atoms with Crippen molar-refractivity contribution in [2.45, 2.75) is 26.3 Å². The van der Waals surface area contributed by atoms with Gasteiger partial charge in [-0.15, -0.1) is 0 Å². The average molecular weight is 373 g/mol. The Morgan fingerprint density at radius 3 is 2.44 bits per heavy atom. The van der Waals surface area contributed by atoms with Crippen LogP contribution in [0.1, 0.15) is 30.6 Å². The molecule has 138 valence electrons. The van der Waals surface area contributed by atoms with Crippen molar-refractivity contribution in [3.8, 4) is 11.5 Å². The number of ether oxygens (including phenoxy) is 2. The predicted molar refractivity (Wildman–Crippen MR) is 91.0 cm³/mol. The predicted octanol–water partition coefficient (Wildman–Crippen LogP) is 1.44. The van der Waals surface area contributed by atoms with E-state index in [4.69, 9.17) is 26.8 Å². The third-order valence-electron chi connectivity index (χ3n) is 3.16. The molecule has 8 nitrogen and oxygen atoms in total. The number of carboxylic acid groups (broad SMARTS) is 1. The average Bonchev–Trinajstić information content (AvgIpc) is 2.51. The van der Waals surface area contributed by atoms with Crippen LogP contribution in [0.25, 0.3) is 0 Å². The van der Waals surface area contributed by atoms with Crippen LogP contribution in [0.3, 0.4) is 0 Å². The summed E-state index contributed by atoms with van der Waals surface area (Å²) in [6, 6.07) is 1.61. The van der Waals surface area contributed by atoms with Crippen molar-refractivity contribution < 1.29 is 29.0 Å². The Labute approximate surface area is 150 Å². The summed E-state index contributed by atoms with van der Waals surface area (Å²) in [6.07, 6.45) is 0.283. The lowest BCUT2D eigenvalue weighted by Gasteiger charge is -2.17. The Balaban J connectivity index is 3.04. The molecule has 0 saturated heterocycles. The molecular formula is C16H21ClN2O6.